The first-order valence-electron chi connectivity index (χ1n) is 6.35. The van der Waals surface area contributed by atoms with Crippen molar-refractivity contribution >= 4 is 23.1 Å². The highest BCUT2D eigenvalue weighted by atomic mass is 35.5. The maximum Gasteiger partial charge on any atom is 0.137 e. The quantitative estimate of drug-likeness (QED) is 0.851. The van der Waals surface area contributed by atoms with E-state index in [4.69, 9.17) is 17.3 Å². The number of halogens is 2. The van der Waals surface area contributed by atoms with Crippen LogP contribution in [0.4, 0.5) is 10.1 Å². The van der Waals surface area contributed by atoms with Crippen molar-refractivity contribution < 1.29 is 9.18 Å². The third kappa shape index (κ3) is 3.81. The fourth-order valence-corrected chi connectivity index (χ4v) is 2.25. The summed E-state index contributed by atoms with van der Waals surface area (Å²) in [4.78, 5) is 11.9. The molecule has 0 atom stereocenters. The summed E-state index contributed by atoms with van der Waals surface area (Å²) in [6.45, 7) is 0. The molecule has 2 N–H and O–H groups in total. The van der Waals surface area contributed by atoms with Gasteiger partial charge in [0.2, 0.25) is 0 Å². The second kappa shape index (κ2) is 6.53. The van der Waals surface area contributed by atoms with Crippen molar-refractivity contribution in [3.05, 3.63) is 64.4 Å². The van der Waals surface area contributed by atoms with E-state index in [1.165, 1.54) is 12.1 Å². The molecule has 4 heteroatoms. The molecule has 0 saturated carbocycles. The minimum atomic E-state index is -0.435. The van der Waals surface area contributed by atoms with E-state index in [0.29, 0.717) is 23.6 Å². The van der Waals surface area contributed by atoms with Crippen molar-refractivity contribution in [1.82, 2.24) is 0 Å². The van der Waals surface area contributed by atoms with Gasteiger partial charge in [0.15, 0.2) is 0 Å². The minimum Gasteiger partial charge on any atom is -0.399 e. The van der Waals surface area contributed by atoms with Gasteiger partial charge >= 0.3 is 0 Å². The van der Waals surface area contributed by atoms with Gasteiger partial charge in [-0.05, 0) is 36.2 Å². The van der Waals surface area contributed by atoms with E-state index < -0.39 is 5.82 Å². The summed E-state index contributed by atoms with van der Waals surface area (Å²) in [7, 11) is 0. The average molecular weight is 292 g/mol. The highest BCUT2D eigenvalue weighted by molar-refractivity contribution is 6.31. The first-order chi connectivity index (χ1) is 9.56. The molecule has 2 aromatic carbocycles. The number of nitrogens with two attached hydrogens (primary N) is 1. The molecule has 0 saturated heterocycles. The van der Waals surface area contributed by atoms with Gasteiger partial charge in [0.25, 0.3) is 0 Å². The van der Waals surface area contributed by atoms with Crippen molar-refractivity contribution in [2.45, 2.75) is 19.3 Å². The molecule has 0 amide bonds. The van der Waals surface area contributed by atoms with E-state index in [1.807, 2.05) is 18.2 Å². The van der Waals surface area contributed by atoms with Crippen molar-refractivity contribution in [2.24, 2.45) is 0 Å². The lowest BCUT2D eigenvalue weighted by molar-refractivity contribution is -0.118. The predicted octanol–water partition coefficient (Wildman–Crippen LogP) is 3.81. The minimum absolute atomic E-state index is 0.0216. The number of rotatable bonds is 5. The van der Waals surface area contributed by atoms with E-state index in [-0.39, 0.29) is 17.8 Å². The van der Waals surface area contributed by atoms with Crippen LogP contribution in [0, 0.1) is 5.82 Å². The lowest BCUT2D eigenvalue weighted by atomic mass is 10.0. The van der Waals surface area contributed by atoms with Crippen molar-refractivity contribution in [3.63, 3.8) is 0 Å². The third-order valence-electron chi connectivity index (χ3n) is 3.08. The van der Waals surface area contributed by atoms with Gasteiger partial charge in [-0.1, -0.05) is 29.8 Å². The summed E-state index contributed by atoms with van der Waals surface area (Å²) in [6, 6.07) is 11.8. The maximum absolute atomic E-state index is 13.6. The first-order valence-corrected chi connectivity index (χ1v) is 6.73. The van der Waals surface area contributed by atoms with Gasteiger partial charge in [-0.15, -0.1) is 0 Å². The summed E-state index contributed by atoms with van der Waals surface area (Å²) in [5.74, 6) is -0.478. The summed E-state index contributed by atoms with van der Waals surface area (Å²) in [6.07, 6.45) is 0.956. The fraction of sp³-hybridized carbons (Fsp3) is 0.188. The first kappa shape index (κ1) is 14.5. The number of Topliss-reactive ketones (excluding diaryl/α,β-unsaturated/α-hetero) is 1. The van der Waals surface area contributed by atoms with Gasteiger partial charge in [0.1, 0.15) is 11.6 Å². The number of hydrogen-bond donors (Lipinski definition) is 1. The van der Waals surface area contributed by atoms with Crippen molar-refractivity contribution in [1.29, 1.82) is 0 Å². The highest BCUT2D eigenvalue weighted by Crippen LogP contribution is 2.20. The number of nitrogen functional groups attached to an aromatic ring is 1. The molecule has 0 radical (unpaired) electrons. The lowest BCUT2D eigenvalue weighted by Gasteiger charge is -2.06. The van der Waals surface area contributed by atoms with Crippen molar-refractivity contribution in [2.75, 3.05) is 5.73 Å². The summed E-state index contributed by atoms with van der Waals surface area (Å²) < 4.78 is 13.6. The van der Waals surface area contributed by atoms with Crippen molar-refractivity contribution in [3.8, 4) is 0 Å². The van der Waals surface area contributed by atoms with Gasteiger partial charge in [0, 0.05) is 29.1 Å². The number of benzene rings is 2. The number of carbonyl (C=O) groups is 1. The Labute approximate surface area is 122 Å². The van der Waals surface area contributed by atoms with Crippen LogP contribution in [0.5, 0.6) is 0 Å². The molecule has 0 aliphatic carbocycles. The molecule has 0 unspecified atom stereocenters. The zero-order valence-electron chi connectivity index (χ0n) is 10.9. The summed E-state index contributed by atoms with van der Waals surface area (Å²) >= 11 is 5.90. The Morgan fingerprint density at radius 3 is 2.65 bits per heavy atom. The van der Waals surface area contributed by atoms with E-state index in [2.05, 4.69) is 0 Å². The van der Waals surface area contributed by atoms with E-state index in [1.54, 1.807) is 12.1 Å². The molecule has 0 fully saturated rings. The fourth-order valence-electron chi connectivity index (χ4n) is 2.02. The Hall–Kier alpha value is -1.87. The predicted molar refractivity (Wildman–Crippen MR) is 79.3 cm³/mol. The molecule has 0 aliphatic rings. The van der Waals surface area contributed by atoms with Crippen LogP contribution in [0.15, 0.2) is 42.5 Å². The molecule has 0 aliphatic heterocycles. The zero-order chi connectivity index (χ0) is 14.5. The van der Waals surface area contributed by atoms with Crippen LogP contribution in [0.1, 0.15) is 17.5 Å². The van der Waals surface area contributed by atoms with Gasteiger partial charge in [0.05, 0.1) is 0 Å². The van der Waals surface area contributed by atoms with E-state index in [9.17, 15) is 9.18 Å². The molecular weight excluding hydrogens is 277 g/mol. The average Bonchev–Trinajstić information content (AvgIpc) is 2.41. The van der Waals surface area contributed by atoms with Crippen LogP contribution < -0.4 is 5.73 Å². The normalized spacial score (nSPS) is 10.5. The second-order valence-electron chi connectivity index (χ2n) is 4.66. The number of carbonyl (C=O) groups excluding carboxylic acids is 1. The van der Waals surface area contributed by atoms with Crippen LogP contribution in [0.25, 0.3) is 0 Å². The van der Waals surface area contributed by atoms with Gasteiger partial charge in [-0.3, -0.25) is 4.79 Å². The molecular formula is C16H15ClFNO. The Morgan fingerprint density at radius 2 is 1.95 bits per heavy atom. The largest absolute Gasteiger partial charge is 0.399 e. The van der Waals surface area contributed by atoms with E-state index >= 15 is 0 Å². The molecule has 0 spiro atoms. The number of hydrogen-bond acceptors (Lipinski definition) is 2. The summed E-state index contributed by atoms with van der Waals surface area (Å²) in [5.41, 5.74) is 7.62. The third-order valence-corrected chi connectivity index (χ3v) is 3.43. The zero-order valence-corrected chi connectivity index (χ0v) is 11.7. The molecule has 0 aromatic heterocycles. The molecule has 2 rings (SSSR count). The van der Waals surface area contributed by atoms with Gasteiger partial charge in [-0.25, -0.2) is 4.39 Å². The van der Waals surface area contributed by atoms with Gasteiger partial charge < -0.3 is 5.73 Å². The van der Waals surface area contributed by atoms with Crippen LogP contribution in [0.2, 0.25) is 5.02 Å². The Balaban J connectivity index is 1.96. The van der Waals surface area contributed by atoms with E-state index in [0.717, 1.165) is 5.56 Å². The molecule has 2 nitrogen and oxygen atoms in total. The smallest absolute Gasteiger partial charge is 0.137 e. The molecule has 20 heavy (non-hydrogen) atoms. The number of ketones is 1. The van der Waals surface area contributed by atoms with Gasteiger partial charge in [-0.2, -0.15) is 0 Å². The van der Waals surface area contributed by atoms with Crippen LogP contribution in [0.3, 0.4) is 0 Å². The van der Waals surface area contributed by atoms with Crippen LogP contribution in [-0.4, -0.2) is 5.78 Å². The monoisotopic (exact) mass is 291 g/mol. The number of anilines is 1. The Morgan fingerprint density at radius 1 is 1.20 bits per heavy atom. The molecule has 0 heterocycles. The standard InChI is InChI=1S/C16H15ClFNO/c17-15-5-2-6-16(18)14(15)10-13(20)8-7-11-3-1-4-12(19)9-11/h1-6,9H,7-8,10,19H2. The SMILES string of the molecule is Nc1cccc(CCC(=O)Cc2c(F)cccc2Cl)c1. The number of aryl methyl sites for hydroxylation is 1. The Kier molecular flexibility index (Phi) is 4.74. The topological polar surface area (TPSA) is 43.1 Å². The lowest BCUT2D eigenvalue weighted by Crippen LogP contribution is -2.06. The molecule has 0 bridgehead atoms. The summed E-state index contributed by atoms with van der Waals surface area (Å²) in [5, 5.41) is 0.294. The maximum atomic E-state index is 13.6. The molecule has 2 aromatic rings. The second-order valence-corrected chi connectivity index (χ2v) is 5.07. The Bertz CT molecular complexity index is 607. The molecule has 104 valence electrons. The van der Waals surface area contributed by atoms with Crippen LogP contribution in [-0.2, 0) is 17.6 Å². The highest BCUT2D eigenvalue weighted by Gasteiger charge is 2.11. The van der Waals surface area contributed by atoms with Crippen LogP contribution >= 0.6 is 11.6 Å².